The van der Waals surface area contributed by atoms with Crippen molar-refractivity contribution in [3.8, 4) is 12.1 Å². The van der Waals surface area contributed by atoms with Crippen molar-refractivity contribution in [2.24, 2.45) is 11.8 Å². The van der Waals surface area contributed by atoms with Crippen molar-refractivity contribution in [2.45, 2.75) is 11.8 Å². The fraction of sp³-hybridized carbons (Fsp3) is 0.250. The minimum Gasteiger partial charge on any atom is -0.198 e. The van der Waals surface area contributed by atoms with E-state index in [-0.39, 0.29) is 23.7 Å². The van der Waals surface area contributed by atoms with Gasteiger partial charge in [-0.2, -0.15) is 10.5 Å². The van der Waals surface area contributed by atoms with E-state index in [1.165, 1.54) is 21.9 Å². The lowest BCUT2D eigenvalue weighted by molar-refractivity contribution is 0.201. The smallest absolute Gasteiger partial charge is 0.0702 e. The molecule has 1 saturated carbocycles. The lowest BCUT2D eigenvalue weighted by Gasteiger charge is -2.42. The van der Waals surface area contributed by atoms with Gasteiger partial charge in [0, 0.05) is 11.8 Å². The molecule has 0 spiro atoms. The van der Waals surface area contributed by atoms with Crippen molar-refractivity contribution in [1.29, 1.82) is 10.5 Å². The van der Waals surface area contributed by atoms with Crippen LogP contribution in [-0.2, 0) is 0 Å². The van der Waals surface area contributed by atoms with Crippen molar-refractivity contribution in [3.63, 3.8) is 0 Å². The van der Waals surface area contributed by atoms with Gasteiger partial charge in [-0.15, -0.1) is 0 Å². The molecule has 2 aromatic rings. The van der Waals surface area contributed by atoms with E-state index >= 15 is 0 Å². The van der Waals surface area contributed by atoms with Gasteiger partial charge >= 0.3 is 0 Å². The highest BCUT2D eigenvalue weighted by atomic mass is 14.6. The standard InChI is InChI=1S/C16H10N2/c17-7-12-13(8-18)16-11-6-2-4-9-3-1-5-10(14(9)11)15(12)16/h1-6,12-13,15-16H/t12-,13-,15-,16+/m0/s1. The minimum atomic E-state index is -0.141. The second-order valence-electron chi connectivity index (χ2n) is 5.15. The van der Waals surface area contributed by atoms with E-state index in [4.69, 9.17) is 0 Å². The van der Waals surface area contributed by atoms with Crippen LogP contribution in [0.2, 0.25) is 0 Å². The van der Waals surface area contributed by atoms with Crippen molar-refractivity contribution < 1.29 is 0 Å². The summed E-state index contributed by atoms with van der Waals surface area (Å²) in [5.41, 5.74) is 2.54. The molecule has 1 fully saturated rings. The number of benzene rings is 2. The molecule has 0 bridgehead atoms. The van der Waals surface area contributed by atoms with Crippen LogP contribution in [0.25, 0.3) is 10.8 Å². The molecule has 0 radical (unpaired) electrons. The lowest BCUT2D eigenvalue weighted by atomic mass is 9.57. The summed E-state index contributed by atoms with van der Waals surface area (Å²) in [6.45, 7) is 0. The number of hydrogen-bond donors (Lipinski definition) is 0. The summed E-state index contributed by atoms with van der Waals surface area (Å²) < 4.78 is 0. The quantitative estimate of drug-likeness (QED) is 0.697. The van der Waals surface area contributed by atoms with Gasteiger partial charge in [0.25, 0.3) is 0 Å². The molecule has 2 aliphatic rings. The van der Waals surface area contributed by atoms with Crippen LogP contribution in [0.1, 0.15) is 23.0 Å². The third-order valence-corrected chi connectivity index (χ3v) is 4.53. The molecule has 0 saturated heterocycles. The summed E-state index contributed by atoms with van der Waals surface area (Å²) in [5.74, 6) is 0.192. The maximum atomic E-state index is 9.27. The topological polar surface area (TPSA) is 47.6 Å². The molecule has 84 valence electrons. The van der Waals surface area contributed by atoms with E-state index in [0.29, 0.717) is 0 Å². The summed E-state index contributed by atoms with van der Waals surface area (Å²) in [6, 6.07) is 17.2. The Morgan fingerprint density at radius 2 is 1.28 bits per heavy atom. The highest BCUT2D eigenvalue weighted by molar-refractivity contribution is 5.93. The molecule has 2 aliphatic carbocycles. The molecule has 0 aromatic heterocycles. The molecule has 2 aromatic carbocycles. The molecule has 0 heterocycles. The maximum Gasteiger partial charge on any atom is 0.0702 e. The van der Waals surface area contributed by atoms with E-state index in [0.717, 1.165) is 0 Å². The third kappa shape index (κ3) is 0.891. The van der Waals surface area contributed by atoms with Gasteiger partial charge in [-0.1, -0.05) is 36.4 Å². The van der Waals surface area contributed by atoms with Crippen LogP contribution in [0.4, 0.5) is 0 Å². The predicted octanol–water partition coefficient (Wildman–Crippen LogP) is 3.31. The van der Waals surface area contributed by atoms with Gasteiger partial charge in [0.05, 0.1) is 24.0 Å². The molecule has 0 N–H and O–H groups in total. The Morgan fingerprint density at radius 1 is 0.778 bits per heavy atom. The minimum absolute atomic E-state index is 0.141. The molecule has 0 unspecified atom stereocenters. The van der Waals surface area contributed by atoms with Gasteiger partial charge in [-0.05, 0) is 21.9 Å². The van der Waals surface area contributed by atoms with Gasteiger partial charge in [0.2, 0.25) is 0 Å². The zero-order valence-corrected chi connectivity index (χ0v) is 9.67. The molecule has 4 atom stereocenters. The van der Waals surface area contributed by atoms with Crippen LogP contribution >= 0.6 is 0 Å². The normalized spacial score (nSPS) is 31.2. The fourth-order valence-corrected chi connectivity index (χ4v) is 3.80. The van der Waals surface area contributed by atoms with Gasteiger partial charge in [-0.3, -0.25) is 0 Å². The summed E-state index contributed by atoms with van der Waals surface area (Å²) in [6.07, 6.45) is 0. The van der Waals surface area contributed by atoms with Crippen LogP contribution in [0.5, 0.6) is 0 Å². The fourth-order valence-electron chi connectivity index (χ4n) is 3.80. The lowest BCUT2D eigenvalue weighted by Crippen LogP contribution is -2.39. The molecule has 2 heteroatoms. The summed E-state index contributed by atoms with van der Waals surface area (Å²) in [7, 11) is 0. The number of nitriles is 2. The van der Waals surface area contributed by atoms with Crippen LogP contribution in [0.15, 0.2) is 36.4 Å². The Hall–Kier alpha value is -2.32. The molecule has 2 nitrogen and oxygen atoms in total. The van der Waals surface area contributed by atoms with Gasteiger partial charge < -0.3 is 0 Å². The number of hydrogen-bond acceptors (Lipinski definition) is 2. The molecular formula is C16H10N2. The molecule has 4 rings (SSSR count). The second kappa shape index (κ2) is 3.12. The van der Waals surface area contributed by atoms with E-state index in [9.17, 15) is 10.5 Å². The zero-order valence-electron chi connectivity index (χ0n) is 9.67. The first kappa shape index (κ1) is 9.68. The summed E-state index contributed by atoms with van der Waals surface area (Å²) in [5, 5.41) is 21.1. The monoisotopic (exact) mass is 230 g/mol. The summed E-state index contributed by atoms with van der Waals surface area (Å²) >= 11 is 0. The zero-order chi connectivity index (χ0) is 12.3. The molecule has 0 aliphatic heterocycles. The summed E-state index contributed by atoms with van der Waals surface area (Å²) in [4.78, 5) is 0. The van der Waals surface area contributed by atoms with Crippen molar-refractivity contribution in [3.05, 3.63) is 47.5 Å². The average molecular weight is 230 g/mol. The number of fused-ring (bicyclic) bond motifs is 3. The first-order chi connectivity index (χ1) is 8.86. The molecular weight excluding hydrogens is 220 g/mol. The Bertz CT molecular complexity index is 687. The molecule has 18 heavy (non-hydrogen) atoms. The van der Waals surface area contributed by atoms with Crippen LogP contribution < -0.4 is 0 Å². The molecule has 0 amide bonds. The van der Waals surface area contributed by atoms with Crippen molar-refractivity contribution in [1.82, 2.24) is 0 Å². The van der Waals surface area contributed by atoms with Gasteiger partial charge in [0.15, 0.2) is 0 Å². The van der Waals surface area contributed by atoms with Gasteiger partial charge in [0.1, 0.15) is 0 Å². The van der Waals surface area contributed by atoms with E-state index in [1.807, 2.05) is 0 Å². The Kier molecular flexibility index (Phi) is 1.68. The van der Waals surface area contributed by atoms with Crippen LogP contribution in [-0.4, -0.2) is 0 Å². The van der Waals surface area contributed by atoms with Crippen molar-refractivity contribution >= 4 is 10.8 Å². The van der Waals surface area contributed by atoms with E-state index < -0.39 is 0 Å². The Morgan fingerprint density at radius 3 is 1.72 bits per heavy atom. The maximum absolute atomic E-state index is 9.27. The highest BCUT2D eigenvalue weighted by Crippen LogP contribution is 2.63. The van der Waals surface area contributed by atoms with Crippen LogP contribution in [0, 0.1) is 34.5 Å². The Labute approximate surface area is 105 Å². The first-order valence-electron chi connectivity index (χ1n) is 6.17. The number of rotatable bonds is 0. The van der Waals surface area contributed by atoms with Crippen LogP contribution in [0.3, 0.4) is 0 Å². The average Bonchev–Trinajstić information content (AvgIpc) is 2.64. The highest BCUT2D eigenvalue weighted by Gasteiger charge is 2.56. The van der Waals surface area contributed by atoms with E-state index in [2.05, 4.69) is 48.5 Å². The van der Waals surface area contributed by atoms with E-state index in [1.54, 1.807) is 0 Å². The predicted molar refractivity (Wildman–Crippen MR) is 67.6 cm³/mol. The second-order valence-corrected chi connectivity index (χ2v) is 5.15. The number of nitrogens with zero attached hydrogens (tertiary/aromatic N) is 2. The largest absolute Gasteiger partial charge is 0.198 e. The SMILES string of the molecule is N#C[C@H]1[C@H](C#N)[C@@H]2c3cccc4cccc(c34)[C@H]12. The first-order valence-corrected chi connectivity index (χ1v) is 6.17. The Balaban J connectivity index is 2.04. The van der Waals surface area contributed by atoms with Crippen molar-refractivity contribution in [2.75, 3.05) is 0 Å². The van der Waals surface area contributed by atoms with Gasteiger partial charge in [-0.25, -0.2) is 0 Å². The third-order valence-electron chi connectivity index (χ3n) is 4.53.